The summed E-state index contributed by atoms with van der Waals surface area (Å²) in [7, 11) is 0. The van der Waals surface area contributed by atoms with Crippen molar-refractivity contribution < 1.29 is 14.6 Å². The summed E-state index contributed by atoms with van der Waals surface area (Å²) in [5.41, 5.74) is 1.69. The number of hydrogen-bond donors (Lipinski definition) is 1. The largest absolute Gasteiger partial charge is 0.358 e. The Morgan fingerprint density at radius 2 is 2.29 bits per heavy atom. The number of carbonyl (C=O) groups excluding carboxylic acids is 1. The number of anilines is 1. The second kappa shape index (κ2) is 4.94. The molecular weight excluding hydrogens is 272 g/mol. The van der Waals surface area contributed by atoms with Crippen LogP contribution >= 0.6 is 0 Å². The van der Waals surface area contributed by atoms with Crippen LogP contribution in [0.15, 0.2) is 30.6 Å². The number of rotatable bonds is 2. The van der Waals surface area contributed by atoms with Crippen molar-refractivity contribution in [2.75, 3.05) is 18.1 Å². The van der Waals surface area contributed by atoms with Gasteiger partial charge in [0.15, 0.2) is 5.82 Å². The lowest BCUT2D eigenvalue weighted by Gasteiger charge is -2.34. The van der Waals surface area contributed by atoms with Gasteiger partial charge in [0.2, 0.25) is 5.79 Å². The highest BCUT2D eigenvalue weighted by Gasteiger charge is 2.40. The molecule has 0 radical (unpaired) electrons. The third kappa shape index (κ3) is 2.41. The van der Waals surface area contributed by atoms with Crippen molar-refractivity contribution in [3.05, 3.63) is 36.3 Å². The van der Waals surface area contributed by atoms with E-state index in [1.54, 1.807) is 23.1 Å². The van der Waals surface area contributed by atoms with Gasteiger partial charge in [0.1, 0.15) is 0 Å². The molecule has 21 heavy (non-hydrogen) atoms. The number of pyridine rings is 1. The van der Waals surface area contributed by atoms with E-state index in [9.17, 15) is 9.90 Å². The summed E-state index contributed by atoms with van der Waals surface area (Å²) in [6, 6.07) is 5.50. The van der Waals surface area contributed by atoms with E-state index in [-0.39, 0.29) is 6.61 Å². The first-order chi connectivity index (χ1) is 9.99. The Kier molecular flexibility index (Phi) is 3.23. The first-order valence-corrected chi connectivity index (χ1v) is 6.64. The van der Waals surface area contributed by atoms with Crippen LogP contribution in [-0.2, 0) is 9.53 Å². The number of aryl methyl sites for hydroxylation is 1. The summed E-state index contributed by atoms with van der Waals surface area (Å²) in [5.74, 6) is -1.82. The third-order valence-corrected chi connectivity index (χ3v) is 3.38. The average Bonchev–Trinajstić information content (AvgIpc) is 2.84. The predicted octanol–water partition coefficient (Wildman–Crippen LogP) is 0.647. The number of amides is 1. The molecule has 0 bridgehead atoms. The number of hydrogen-bond acceptors (Lipinski definition) is 5. The Bertz CT molecular complexity index is 666. The van der Waals surface area contributed by atoms with Gasteiger partial charge in [-0.1, -0.05) is 0 Å². The van der Waals surface area contributed by atoms with Gasteiger partial charge >= 0.3 is 0 Å². The number of carbonyl (C=O) groups is 1. The van der Waals surface area contributed by atoms with Crippen LogP contribution < -0.4 is 4.90 Å². The van der Waals surface area contributed by atoms with E-state index < -0.39 is 11.7 Å². The maximum Gasteiger partial charge on any atom is 0.288 e. The van der Waals surface area contributed by atoms with Gasteiger partial charge < -0.3 is 9.84 Å². The van der Waals surface area contributed by atoms with Crippen molar-refractivity contribution in [3.8, 4) is 5.69 Å². The normalized spacial score (nSPS) is 22.6. The molecular formula is C14H16N4O3. The summed E-state index contributed by atoms with van der Waals surface area (Å²) >= 11 is 0. The molecule has 1 atom stereocenters. The smallest absolute Gasteiger partial charge is 0.288 e. The number of aromatic nitrogens is 3. The fraction of sp³-hybridized carbons (Fsp3) is 0.357. The summed E-state index contributed by atoms with van der Waals surface area (Å²) in [6.45, 7) is 3.86. The summed E-state index contributed by atoms with van der Waals surface area (Å²) in [6.07, 6.45) is 3.38. The van der Waals surface area contributed by atoms with Gasteiger partial charge in [-0.2, -0.15) is 0 Å². The van der Waals surface area contributed by atoms with Gasteiger partial charge in [-0.15, -0.1) is 5.10 Å². The van der Waals surface area contributed by atoms with Gasteiger partial charge in [0, 0.05) is 18.0 Å². The number of nitrogens with zero attached hydrogens (tertiary/aromatic N) is 4. The molecule has 1 saturated heterocycles. The molecule has 0 saturated carbocycles. The highest BCUT2D eigenvalue weighted by Crippen LogP contribution is 2.24. The number of aliphatic hydroxyl groups is 1. The minimum atomic E-state index is -1.80. The lowest BCUT2D eigenvalue weighted by atomic mass is 10.2. The van der Waals surface area contributed by atoms with Crippen LogP contribution in [0, 0.1) is 6.92 Å². The Balaban J connectivity index is 1.96. The molecule has 1 aliphatic rings. The molecule has 1 amide bonds. The summed E-state index contributed by atoms with van der Waals surface area (Å²) < 4.78 is 6.78. The minimum absolute atomic E-state index is 0.261. The molecule has 1 aliphatic heterocycles. The number of ether oxygens (including phenoxy) is 1. The first-order valence-electron chi connectivity index (χ1n) is 6.64. The SMILES string of the molecule is Cc1cc(N2CCOC(C)(O)C2=O)nn1-c1cccnc1. The minimum Gasteiger partial charge on any atom is -0.358 e. The molecule has 1 unspecified atom stereocenters. The standard InChI is InChI=1S/C14H16N4O3/c1-10-8-12(16-18(10)11-4-3-5-15-9-11)17-6-7-21-14(2,20)13(17)19/h3-5,8-9,20H,6-7H2,1-2H3. The van der Waals surface area contributed by atoms with Crippen LogP contribution in [0.25, 0.3) is 5.69 Å². The van der Waals surface area contributed by atoms with Crippen molar-refractivity contribution in [2.24, 2.45) is 0 Å². The Labute approximate surface area is 121 Å². The van der Waals surface area contributed by atoms with Crippen LogP contribution in [0.2, 0.25) is 0 Å². The van der Waals surface area contributed by atoms with Gasteiger partial charge in [0.05, 0.1) is 25.0 Å². The Morgan fingerprint density at radius 1 is 1.48 bits per heavy atom. The highest BCUT2D eigenvalue weighted by molar-refractivity contribution is 5.97. The molecule has 110 valence electrons. The molecule has 0 aliphatic carbocycles. The van der Waals surface area contributed by atoms with Crippen molar-refractivity contribution in [2.45, 2.75) is 19.6 Å². The van der Waals surface area contributed by atoms with Crippen molar-refractivity contribution in [1.82, 2.24) is 14.8 Å². The van der Waals surface area contributed by atoms with Gasteiger partial charge in [-0.3, -0.25) is 14.7 Å². The fourth-order valence-electron chi connectivity index (χ4n) is 2.30. The van der Waals surface area contributed by atoms with Crippen LogP contribution in [0.1, 0.15) is 12.6 Å². The molecule has 1 N–H and O–H groups in total. The third-order valence-electron chi connectivity index (χ3n) is 3.38. The molecule has 7 heteroatoms. The second-order valence-corrected chi connectivity index (χ2v) is 5.06. The Morgan fingerprint density at radius 3 is 3.00 bits per heavy atom. The highest BCUT2D eigenvalue weighted by atomic mass is 16.6. The molecule has 3 heterocycles. The zero-order chi connectivity index (χ0) is 15.0. The van der Waals surface area contributed by atoms with E-state index in [1.807, 2.05) is 19.1 Å². The zero-order valence-corrected chi connectivity index (χ0v) is 11.9. The van der Waals surface area contributed by atoms with Crippen LogP contribution in [0.3, 0.4) is 0 Å². The monoisotopic (exact) mass is 288 g/mol. The lowest BCUT2D eigenvalue weighted by molar-refractivity contribution is -0.204. The average molecular weight is 288 g/mol. The molecule has 7 nitrogen and oxygen atoms in total. The lowest BCUT2D eigenvalue weighted by Crippen LogP contribution is -2.55. The van der Waals surface area contributed by atoms with E-state index in [4.69, 9.17) is 4.74 Å². The predicted molar refractivity (Wildman–Crippen MR) is 75.0 cm³/mol. The molecule has 3 rings (SSSR count). The molecule has 2 aromatic rings. The fourth-order valence-corrected chi connectivity index (χ4v) is 2.30. The van der Waals surface area contributed by atoms with Crippen LogP contribution in [0.4, 0.5) is 5.82 Å². The quantitative estimate of drug-likeness (QED) is 0.877. The van der Waals surface area contributed by atoms with E-state index in [1.165, 1.54) is 11.8 Å². The maximum absolute atomic E-state index is 12.2. The van der Waals surface area contributed by atoms with E-state index in [0.717, 1.165) is 11.4 Å². The van der Waals surface area contributed by atoms with Crippen LogP contribution in [0.5, 0.6) is 0 Å². The van der Waals surface area contributed by atoms with Gasteiger partial charge in [0.25, 0.3) is 5.91 Å². The van der Waals surface area contributed by atoms with E-state index in [2.05, 4.69) is 10.1 Å². The van der Waals surface area contributed by atoms with Crippen molar-refractivity contribution in [3.63, 3.8) is 0 Å². The first kappa shape index (κ1) is 13.7. The van der Waals surface area contributed by atoms with Gasteiger partial charge in [-0.05, 0) is 26.0 Å². The van der Waals surface area contributed by atoms with E-state index in [0.29, 0.717) is 12.4 Å². The van der Waals surface area contributed by atoms with Crippen LogP contribution in [-0.4, -0.2) is 44.7 Å². The zero-order valence-electron chi connectivity index (χ0n) is 11.9. The van der Waals surface area contributed by atoms with Crippen molar-refractivity contribution >= 4 is 11.7 Å². The molecule has 2 aromatic heterocycles. The van der Waals surface area contributed by atoms with E-state index >= 15 is 0 Å². The topological polar surface area (TPSA) is 80.5 Å². The number of morpholine rings is 1. The Hall–Kier alpha value is -2.25. The van der Waals surface area contributed by atoms with Gasteiger partial charge in [-0.25, -0.2) is 4.68 Å². The second-order valence-electron chi connectivity index (χ2n) is 5.06. The molecule has 1 fully saturated rings. The maximum atomic E-state index is 12.2. The summed E-state index contributed by atoms with van der Waals surface area (Å²) in [5, 5.41) is 14.3. The molecule has 0 spiro atoms. The van der Waals surface area contributed by atoms with Crippen molar-refractivity contribution in [1.29, 1.82) is 0 Å². The molecule has 0 aromatic carbocycles. The summed E-state index contributed by atoms with van der Waals surface area (Å²) in [4.78, 5) is 17.7.